The summed E-state index contributed by atoms with van der Waals surface area (Å²) in [4.78, 5) is 12.0. The summed E-state index contributed by atoms with van der Waals surface area (Å²) in [5, 5.41) is 2.57. The van der Waals surface area contributed by atoms with E-state index in [0.29, 0.717) is 19.6 Å². The van der Waals surface area contributed by atoms with Crippen LogP contribution >= 0.6 is 11.6 Å². The van der Waals surface area contributed by atoms with Crippen LogP contribution in [0.3, 0.4) is 0 Å². The molecule has 0 unspecified atom stereocenters. The summed E-state index contributed by atoms with van der Waals surface area (Å²) in [6.45, 7) is 2.72. The van der Waals surface area contributed by atoms with Gasteiger partial charge in [0.05, 0.1) is 23.5 Å². The third-order valence-electron chi connectivity index (χ3n) is 4.04. The zero-order chi connectivity index (χ0) is 21.4. The maximum absolute atomic E-state index is 13.3. The first-order valence-corrected chi connectivity index (χ1v) is 11.3. The van der Waals surface area contributed by atoms with Crippen LogP contribution in [0.5, 0.6) is 5.75 Å². The molecule has 0 aliphatic carbocycles. The first-order valence-electron chi connectivity index (χ1n) is 9.06. The van der Waals surface area contributed by atoms with Crippen molar-refractivity contribution >= 4 is 33.2 Å². The molecule has 2 aromatic carbocycles. The lowest BCUT2D eigenvalue weighted by Gasteiger charge is -2.22. The van der Waals surface area contributed by atoms with Gasteiger partial charge in [-0.1, -0.05) is 23.7 Å². The van der Waals surface area contributed by atoms with Crippen LogP contribution in [0.4, 0.5) is 10.1 Å². The largest absolute Gasteiger partial charge is 0.492 e. The Balaban J connectivity index is 1.78. The second-order valence-electron chi connectivity index (χ2n) is 6.55. The van der Waals surface area contributed by atoms with Crippen molar-refractivity contribution < 1.29 is 22.3 Å². The molecule has 0 aliphatic rings. The lowest BCUT2D eigenvalue weighted by atomic mass is 10.2. The number of ether oxygens (including phenoxy) is 1. The molecule has 9 heteroatoms. The van der Waals surface area contributed by atoms with Gasteiger partial charge in [-0.3, -0.25) is 9.10 Å². The minimum Gasteiger partial charge on any atom is -0.492 e. The van der Waals surface area contributed by atoms with Crippen molar-refractivity contribution in [2.24, 2.45) is 0 Å². The van der Waals surface area contributed by atoms with Crippen molar-refractivity contribution in [3.8, 4) is 5.75 Å². The van der Waals surface area contributed by atoms with E-state index in [4.69, 9.17) is 16.3 Å². The van der Waals surface area contributed by atoms with E-state index >= 15 is 0 Å². The number of rotatable bonds is 10. The fourth-order valence-electron chi connectivity index (χ4n) is 2.66. The monoisotopic (exact) mass is 442 g/mol. The van der Waals surface area contributed by atoms with E-state index in [0.717, 1.165) is 27.9 Å². The van der Waals surface area contributed by atoms with Gasteiger partial charge in [0, 0.05) is 13.0 Å². The molecule has 0 fully saturated rings. The van der Waals surface area contributed by atoms with Crippen LogP contribution in [-0.4, -0.2) is 40.3 Å². The summed E-state index contributed by atoms with van der Waals surface area (Å²) in [5.41, 5.74) is 1.34. The van der Waals surface area contributed by atoms with Gasteiger partial charge in [-0.15, -0.1) is 0 Å². The highest BCUT2D eigenvalue weighted by Gasteiger charge is 2.18. The van der Waals surface area contributed by atoms with Crippen molar-refractivity contribution in [2.75, 3.05) is 30.3 Å². The van der Waals surface area contributed by atoms with Gasteiger partial charge in [0.15, 0.2) is 0 Å². The Hall–Kier alpha value is -2.32. The van der Waals surface area contributed by atoms with Crippen LogP contribution in [0, 0.1) is 12.7 Å². The Morgan fingerprint density at radius 3 is 2.66 bits per heavy atom. The molecular weight excluding hydrogens is 419 g/mol. The molecule has 2 aromatic rings. The fourth-order valence-corrected chi connectivity index (χ4v) is 3.79. The number of carbonyl (C=O) groups is 1. The molecule has 0 spiro atoms. The fraction of sp³-hybridized carbons (Fsp3) is 0.350. The summed E-state index contributed by atoms with van der Waals surface area (Å²) >= 11 is 5.74. The number of amides is 1. The smallest absolute Gasteiger partial charge is 0.232 e. The molecule has 0 atom stereocenters. The zero-order valence-corrected chi connectivity index (χ0v) is 17.9. The van der Waals surface area contributed by atoms with Crippen molar-refractivity contribution in [1.82, 2.24) is 5.32 Å². The molecule has 29 heavy (non-hydrogen) atoms. The Labute approximate surface area is 175 Å². The number of hydrogen-bond acceptors (Lipinski definition) is 4. The van der Waals surface area contributed by atoms with E-state index in [2.05, 4.69) is 5.32 Å². The average Bonchev–Trinajstić information content (AvgIpc) is 2.64. The van der Waals surface area contributed by atoms with Gasteiger partial charge in [-0.25, -0.2) is 12.8 Å². The third kappa shape index (κ3) is 7.55. The summed E-state index contributed by atoms with van der Waals surface area (Å²) in [5.74, 6) is -0.0967. The molecule has 0 heterocycles. The van der Waals surface area contributed by atoms with Crippen LogP contribution in [0.2, 0.25) is 5.02 Å². The highest BCUT2D eigenvalue weighted by atomic mass is 35.5. The van der Waals surface area contributed by atoms with E-state index in [1.807, 2.05) is 31.2 Å². The van der Waals surface area contributed by atoms with Crippen LogP contribution in [0.1, 0.15) is 18.4 Å². The van der Waals surface area contributed by atoms with Crippen molar-refractivity contribution in [3.63, 3.8) is 0 Å². The Kier molecular flexibility index (Phi) is 8.28. The van der Waals surface area contributed by atoms with Gasteiger partial charge in [-0.2, -0.15) is 0 Å². The molecule has 0 saturated heterocycles. The molecule has 158 valence electrons. The van der Waals surface area contributed by atoms with Crippen molar-refractivity contribution in [3.05, 3.63) is 58.9 Å². The van der Waals surface area contributed by atoms with Crippen LogP contribution in [0.15, 0.2) is 42.5 Å². The molecule has 2 rings (SSSR count). The number of halogens is 2. The topological polar surface area (TPSA) is 75.7 Å². The average molecular weight is 443 g/mol. The lowest BCUT2D eigenvalue weighted by molar-refractivity contribution is -0.121. The first-order chi connectivity index (χ1) is 13.7. The van der Waals surface area contributed by atoms with Gasteiger partial charge in [-0.05, 0) is 49.2 Å². The number of hydrogen-bond donors (Lipinski definition) is 1. The highest BCUT2D eigenvalue weighted by molar-refractivity contribution is 7.92. The van der Waals surface area contributed by atoms with Gasteiger partial charge in [0.1, 0.15) is 18.2 Å². The predicted molar refractivity (Wildman–Crippen MR) is 113 cm³/mol. The summed E-state index contributed by atoms with van der Waals surface area (Å²) < 4.78 is 44.1. The Morgan fingerprint density at radius 2 is 2.00 bits per heavy atom. The third-order valence-corrected chi connectivity index (χ3v) is 5.52. The summed E-state index contributed by atoms with van der Waals surface area (Å²) in [6, 6.07) is 11.3. The summed E-state index contributed by atoms with van der Waals surface area (Å²) in [6.07, 6.45) is 1.49. The number of aryl methyl sites for hydroxylation is 1. The van der Waals surface area contributed by atoms with Gasteiger partial charge >= 0.3 is 0 Å². The first kappa shape index (κ1) is 23.0. The predicted octanol–water partition coefficient (Wildman–Crippen LogP) is 3.53. The van der Waals surface area contributed by atoms with Crippen LogP contribution in [0.25, 0.3) is 0 Å². The highest BCUT2D eigenvalue weighted by Crippen LogP contribution is 2.24. The van der Waals surface area contributed by atoms with Gasteiger partial charge in [0.2, 0.25) is 15.9 Å². The molecule has 1 N–H and O–H groups in total. The minimum absolute atomic E-state index is 0.0774. The summed E-state index contributed by atoms with van der Waals surface area (Å²) in [7, 11) is -3.60. The quantitative estimate of drug-likeness (QED) is 0.571. The van der Waals surface area contributed by atoms with Gasteiger partial charge in [0.25, 0.3) is 0 Å². The van der Waals surface area contributed by atoms with E-state index < -0.39 is 15.8 Å². The zero-order valence-electron chi connectivity index (χ0n) is 16.3. The molecule has 0 radical (unpaired) electrons. The van der Waals surface area contributed by atoms with Crippen LogP contribution < -0.4 is 14.4 Å². The molecule has 0 aliphatic heterocycles. The lowest BCUT2D eigenvalue weighted by Crippen LogP contribution is -2.33. The molecular formula is C20H24ClFN2O4S. The molecule has 6 nitrogen and oxygen atoms in total. The van der Waals surface area contributed by atoms with E-state index in [-0.39, 0.29) is 29.6 Å². The van der Waals surface area contributed by atoms with Gasteiger partial charge < -0.3 is 10.1 Å². The SMILES string of the molecule is Cc1cccc(OCCNC(=O)CCCN(c2ccc(F)c(Cl)c2)S(C)(=O)=O)c1. The second kappa shape index (κ2) is 10.5. The molecule has 0 bridgehead atoms. The second-order valence-corrected chi connectivity index (χ2v) is 8.87. The molecule has 1 amide bonds. The number of nitrogens with zero attached hydrogens (tertiary/aromatic N) is 1. The molecule has 0 aromatic heterocycles. The maximum atomic E-state index is 13.3. The Bertz CT molecular complexity index is 953. The van der Waals surface area contributed by atoms with Crippen molar-refractivity contribution in [2.45, 2.75) is 19.8 Å². The number of sulfonamides is 1. The van der Waals surface area contributed by atoms with E-state index in [9.17, 15) is 17.6 Å². The normalized spacial score (nSPS) is 11.2. The Morgan fingerprint density at radius 1 is 1.24 bits per heavy atom. The number of carbonyl (C=O) groups excluding carboxylic acids is 1. The maximum Gasteiger partial charge on any atom is 0.232 e. The van der Waals surface area contributed by atoms with E-state index in [1.54, 1.807) is 0 Å². The number of nitrogens with one attached hydrogen (secondary N) is 1. The standard InChI is InChI=1S/C20H24ClFN2O4S/c1-15-5-3-6-17(13-15)28-12-10-23-20(25)7-4-11-24(29(2,26)27)16-8-9-19(22)18(21)14-16/h3,5-6,8-9,13-14H,4,7,10-12H2,1-2H3,(H,23,25). The number of anilines is 1. The number of benzene rings is 2. The van der Waals surface area contributed by atoms with Crippen molar-refractivity contribution in [1.29, 1.82) is 0 Å². The van der Waals surface area contributed by atoms with E-state index in [1.165, 1.54) is 12.1 Å². The van der Waals surface area contributed by atoms with Crippen LogP contribution in [-0.2, 0) is 14.8 Å². The minimum atomic E-state index is -3.60. The molecule has 0 saturated carbocycles.